The highest BCUT2D eigenvalue weighted by Gasteiger charge is 2.59. The van der Waals surface area contributed by atoms with Gasteiger partial charge in [0.05, 0.1) is 16.6 Å². The predicted octanol–water partition coefficient (Wildman–Crippen LogP) is 4.25. The van der Waals surface area contributed by atoms with Crippen LogP contribution in [0.2, 0.25) is 0 Å². The van der Waals surface area contributed by atoms with Crippen molar-refractivity contribution in [2.24, 2.45) is 17.3 Å². The molecule has 1 N–H and O–H groups in total. The van der Waals surface area contributed by atoms with E-state index in [4.69, 9.17) is 4.74 Å². The second-order valence-electron chi connectivity index (χ2n) is 8.05. The van der Waals surface area contributed by atoms with Gasteiger partial charge in [-0.2, -0.15) is 0 Å². The number of carboxylic acids is 1. The minimum Gasteiger partial charge on any atom is -0.481 e. The Hall–Kier alpha value is -0.570. The fraction of sp³-hybridized carbons (Fsp3) is 0.941. The summed E-state index contributed by atoms with van der Waals surface area (Å²) in [4.78, 5) is 12.2. The molecule has 1 saturated carbocycles. The van der Waals surface area contributed by atoms with Crippen LogP contribution in [-0.2, 0) is 9.53 Å². The van der Waals surface area contributed by atoms with Crippen molar-refractivity contribution in [1.29, 1.82) is 0 Å². The zero-order valence-corrected chi connectivity index (χ0v) is 13.7. The van der Waals surface area contributed by atoms with Crippen LogP contribution in [0.1, 0.15) is 73.1 Å². The molecule has 0 radical (unpaired) electrons. The van der Waals surface area contributed by atoms with Crippen LogP contribution in [0.25, 0.3) is 0 Å². The van der Waals surface area contributed by atoms with E-state index in [0.717, 1.165) is 32.1 Å². The molecule has 3 unspecified atom stereocenters. The first-order valence-electron chi connectivity index (χ1n) is 8.06. The second-order valence-corrected chi connectivity index (χ2v) is 8.05. The number of aliphatic carboxylic acids is 1. The van der Waals surface area contributed by atoms with Crippen LogP contribution in [-0.4, -0.2) is 22.3 Å². The maximum Gasteiger partial charge on any atom is 0.310 e. The number of ether oxygens (including phenoxy) is 1. The maximum atomic E-state index is 12.2. The van der Waals surface area contributed by atoms with Gasteiger partial charge in [0.2, 0.25) is 0 Å². The van der Waals surface area contributed by atoms with Crippen molar-refractivity contribution in [1.82, 2.24) is 0 Å². The molecule has 1 saturated heterocycles. The summed E-state index contributed by atoms with van der Waals surface area (Å²) in [5, 5.41) is 10.0. The SMILES string of the molecule is CCC1CCCC(C(=O)O)(C2CC(C)(C)OC2(C)C)C1. The lowest BCUT2D eigenvalue weighted by molar-refractivity contribution is -0.164. The van der Waals surface area contributed by atoms with Gasteiger partial charge in [-0.15, -0.1) is 0 Å². The number of hydrogen-bond donors (Lipinski definition) is 1. The molecule has 0 spiro atoms. The highest BCUT2D eigenvalue weighted by molar-refractivity contribution is 5.75. The van der Waals surface area contributed by atoms with Crippen LogP contribution in [0.15, 0.2) is 0 Å². The molecule has 3 heteroatoms. The number of carbonyl (C=O) groups is 1. The zero-order valence-electron chi connectivity index (χ0n) is 13.7. The van der Waals surface area contributed by atoms with Crippen LogP contribution < -0.4 is 0 Å². The van der Waals surface area contributed by atoms with Crippen LogP contribution in [0.5, 0.6) is 0 Å². The molecule has 1 aliphatic heterocycles. The molecular formula is C17H30O3. The Morgan fingerprint density at radius 3 is 2.35 bits per heavy atom. The first-order valence-corrected chi connectivity index (χ1v) is 8.06. The molecule has 1 heterocycles. The maximum absolute atomic E-state index is 12.2. The quantitative estimate of drug-likeness (QED) is 0.841. The Labute approximate surface area is 123 Å². The topological polar surface area (TPSA) is 46.5 Å². The summed E-state index contributed by atoms with van der Waals surface area (Å²) in [5.74, 6) is 0.0613. The molecule has 0 aromatic carbocycles. The lowest BCUT2D eigenvalue weighted by Gasteiger charge is -2.45. The minimum atomic E-state index is -0.602. The third-order valence-corrected chi connectivity index (χ3v) is 5.63. The minimum absolute atomic E-state index is 0.108. The fourth-order valence-corrected chi connectivity index (χ4v) is 4.86. The first-order chi connectivity index (χ1) is 9.13. The van der Waals surface area contributed by atoms with Crippen LogP contribution in [0.3, 0.4) is 0 Å². The summed E-state index contributed by atoms with van der Waals surface area (Å²) in [6.45, 7) is 10.5. The number of carboxylic acid groups (broad SMARTS) is 1. The van der Waals surface area contributed by atoms with E-state index in [2.05, 4.69) is 34.6 Å². The average Bonchev–Trinajstić information content (AvgIpc) is 2.57. The van der Waals surface area contributed by atoms with Gasteiger partial charge in [-0.25, -0.2) is 0 Å². The molecule has 3 atom stereocenters. The summed E-state index contributed by atoms with van der Waals surface area (Å²) in [7, 11) is 0. The summed E-state index contributed by atoms with van der Waals surface area (Å²) in [5.41, 5.74) is -1.15. The van der Waals surface area contributed by atoms with E-state index >= 15 is 0 Å². The van der Waals surface area contributed by atoms with Crippen molar-refractivity contribution < 1.29 is 14.6 Å². The molecule has 0 aromatic heterocycles. The van der Waals surface area contributed by atoms with Gasteiger partial charge in [0.1, 0.15) is 0 Å². The molecule has 0 aromatic rings. The van der Waals surface area contributed by atoms with Gasteiger partial charge in [-0.3, -0.25) is 4.79 Å². The summed E-state index contributed by atoms with van der Waals surface area (Å²) in [6, 6.07) is 0. The van der Waals surface area contributed by atoms with Crippen molar-refractivity contribution >= 4 is 5.97 Å². The molecule has 0 bridgehead atoms. The van der Waals surface area contributed by atoms with E-state index in [1.807, 2.05) is 0 Å². The molecule has 2 fully saturated rings. The first kappa shape index (κ1) is 15.8. The van der Waals surface area contributed by atoms with E-state index in [1.54, 1.807) is 0 Å². The van der Waals surface area contributed by atoms with Gasteiger partial charge in [-0.05, 0) is 52.9 Å². The van der Waals surface area contributed by atoms with Crippen molar-refractivity contribution in [3.63, 3.8) is 0 Å². The molecule has 0 amide bonds. The number of rotatable bonds is 3. The van der Waals surface area contributed by atoms with Crippen molar-refractivity contribution in [2.45, 2.75) is 84.3 Å². The van der Waals surface area contributed by atoms with Gasteiger partial charge in [0.15, 0.2) is 0 Å². The molecule has 116 valence electrons. The lowest BCUT2D eigenvalue weighted by atomic mass is 9.58. The average molecular weight is 282 g/mol. The summed E-state index contributed by atoms with van der Waals surface area (Å²) in [6.07, 6.45) is 5.80. The molecule has 2 rings (SSSR count). The Kier molecular flexibility index (Phi) is 3.96. The normalized spacial score (nSPS) is 39.6. The molecule has 3 nitrogen and oxygen atoms in total. The van der Waals surface area contributed by atoms with Crippen LogP contribution in [0.4, 0.5) is 0 Å². The highest BCUT2D eigenvalue weighted by atomic mass is 16.5. The van der Waals surface area contributed by atoms with Crippen molar-refractivity contribution in [3.05, 3.63) is 0 Å². The third kappa shape index (κ3) is 2.61. The van der Waals surface area contributed by atoms with E-state index < -0.39 is 11.4 Å². The monoisotopic (exact) mass is 282 g/mol. The van der Waals surface area contributed by atoms with Gasteiger partial charge >= 0.3 is 5.97 Å². The summed E-state index contributed by atoms with van der Waals surface area (Å²) >= 11 is 0. The molecule has 1 aliphatic carbocycles. The Balaban J connectivity index is 2.36. The van der Waals surface area contributed by atoms with Gasteiger partial charge in [0, 0.05) is 5.92 Å². The summed E-state index contributed by atoms with van der Waals surface area (Å²) < 4.78 is 6.18. The predicted molar refractivity (Wildman–Crippen MR) is 79.7 cm³/mol. The molecular weight excluding hydrogens is 252 g/mol. The second kappa shape index (κ2) is 5.01. The van der Waals surface area contributed by atoms with Crippen LogP contribution in [0, 0.1) is 17.3 Å². The van der Waals surface area contributed by atoms with Gasteiger partial charge in [-0.1, -0.05) is 26.2 Å². The van der Waals surface area contributed by atoms with E-state index in [1.165, 1.54) is 6.42 Å². The van der Waals surface area contributed by atoms with Gasteiger partial charge in [0.25, 0.3) is 0 Å². The fourth-order valence-electron chi connectivity index (χ4n) is 4.86. The number of hydrogen-bond acceptors (Lipinski definition) is 2. The van der Waals surface area contributed by atoms with Crippen molar-refractivity contribution in [3.8, 4) is 0 Å². The van der Waals surface area contributed by atoms with E-state index in [0.29, 0.717) is 5.92 Å². The van der Waals surface area contributed by atoms with E-state index in [9.17, 15) is 9.90 Å². The highest BCUT2D eigenvalue weighted by Crippen LogP contribution is 2.57. The standard InChI is InChI=1S/C17H30O3/c1-6-12-8-7-9-17(10-12,14(18)19)13-11-15(2,3)20-16(13,4)5/h12-13H,6-11H2,1-5H3,(H,18,19). The molecule has 2 aliphatic rings. The Bertz CT molecular complexity index is 386. The largest absolute Gasteiger partial charge is 0.481 e. The smallest absolute Gasteiger partial charge is 0.310 e. The Morgan fingerprint density at radius 2 is 1.90 bits per heavy atom. The lowest BCUT2D eigenvalue weighted by Crippen LogP contribution is -2.49. The van der Waals surface area contributed by atoms with Crippen molar-refractivity contribution in [2.75, 3.05) is 0 Å². The van der Waals surface area contributed by atoms with Gasteiger partial charge < -0.3 is 9.84 Å². The molecule has 20 heavy (non-hydrogen) atoms. The zero-order chi connectivity index (χ0) is 15.2. The Morgan fingerprint density at radius 1 is 1.25 bits per heavy atom. The third-order valence-electron chi connectivity index (χ3n) is 5.63. The van der Waals surface area contributed by atoms with Crippen LogP contribution >= 0.6 is 0 Å². The van der Waals surface area contributed by atoms with E-state index in [-0.39, 0.29) is 17.1 Å².